The van der Waals surface area contributed by atoms with E-state index in [1.165, 1.54) is 6.07 Å². The number of hydrogen-bond acceptors (Lipinski definition) is 3. The molecule has 0 radical (unpaired) electrons. The normalized spacial score (nSPS) is 19.0. The minimum atomic E-state index is -0.0722. The molecule has 0 aromatic carbocycles. The van der Waals surface area contributed by atoms with E-state index in [2.05, 4.69) is 6.07 Å². The summed E-state index contributed by atoms with van der Waals surface area (Å²) >= 11 is 0. The van der Waals surface area contributed by atoms with Crippen LogP contribution in [-0.4, -0.2) is 17.3 Å². The van der Waals surface area contributed by atoms with E-state index in [0.29, 0.717) is 18.7 Å². The summed E-state index contributed by atoms with van der Waals surface area (Å²) in [6, 6.07) is 5.04. The number of epoxide rings is 1. The van der Waals surface area contributed by atoms with Gasteiger partial charge in [0.05, 0.1) is 24.8 Å². The van der Waals surface area contributed by atoms with E-state index in [1.54, 1.807) is 17.6 Å². The number of aromatic nitrogens is 1. The average molecular weight is 190 g/mol. The molecule has 1 atom stereocenters. The van der Waals surface area contributed by atoms with Crippen LogP contribution >= 0.6 is 0 Å². The molecule has 0 unspecified atom stereocenters. The van der Waals surface area contributed by atoms with E-state index in [-0.39, 0.29) is 11.7 Å². The molecule has 0 bridgehead atoms. The second-order valence-electron chi connectivity index (χ2n) is 3.35. The topological polar surface area (TPSA) is 58.3 Å². The number of ether oxygens (including phenoxy) is 1. The fourth-order valence-electron chi connectivity index (χ4n) is 1.40. The zero-order valence-electron chi connectivity index (χ0n) is 7.86. The van der Waals surface area contributed by atoms with E-state index in [0.717, 1.165) is 5.69 Å². The first-order valence-corrected chi connectivity index (χ1v) is 4.44. The van der Waals surface area contributed by atoms with Crippen molar-refractivity contribution in [3.63, 3.8) is 0 Å². The van der Waals surface area contributed by atoms with Crippen LogP contribution in [-0.2, 0) is 11.3 Å². The van der Waals surface area contributed by atoms with Gasteiger partial charge < -0.3 is 9.30 Å². The Bertz CT molecular complexity index is 452. The van der Waals surface area contributed by atoms with Crippen LogP contribution in [0.25, 0.3) is 0 Å². The Hall–Kier alpha value is -1.60. The first kappa shape index (κ1) is 8.97. The molecular formula is C10H10N2O2. The molecular weight excluding hydrogens is 180 g/mol. The van der Waals surface area contributed by atoms with E-state index >= 15 is 0 Å². The van der Waals surface area contributed by atoms with Gasteiger partial charge in [0, 0.05) is 11.8 Å². The van der Waals surface area contributed by atoms with Crippen molar-refractivity contribution in [2.45, 2.75) is 19.6 Å². The summed E-state index contributed by atoms with van der Waals surface area (Å²) in [4.78, 5) is 11.5. The van der Waals surface area contributed by atoms with Crippen molar-refractivity contribution < 1.29 is 4.74 Å². The second-order valence-corrected chi connectivity index (χ2v) is 3.35. The van der Waals surface area contributed by atoms with Crippen molar-refractivity contribution in [2.24, 2.45) is 0 Å². The Morgan fingerprint density at radius 2 is 2.43 bits per heavy atom. The lowest BCUT2D eigenvalue weighted by Crippen LogP contribution is -2.24. The van der Waals surface area contributed by atoms with Gasteiger partial charge in [-0.25, -0.2) is 0 Å². The lowest BCUT2D eigenvalue weighted by Gasteiger charge is -2.08. The molecule has 2 rings (SSSR count). The van der Waals surface area contributed by atoms with E-state index in [9.17, 15) is 4.79 Å². The average Bonchev–Trinajstić information content (AvgIpc) is 2.96. The van der Waals surface area contributed by atoms with Crippen molar-refractivity contribution in [1.29, 1.82) is 5.26 Å². The molecule has 72 valence electrons. The summed E-state index contributed by atoms with van der Waals surface area (Å²) < 4.78 is 6.65. The maximum absolute atomic E-state index is 11.5. The Morgan fingerprint density at radius 1 is 1.71 bits per heavy atom. The molecule has 14 heavy (non-hydrogen) atoms. The summed E-state index contributed by atoms with van der Waals surface area (Å²) in [6.45, 7) is 3.05. The van der Waals surface area contributed by atoms with Gasteiger partial charge in [-0.1, -0.05) is 0 Å². The molecule has 1 fully saturated rings. The third-order valence-electron chi connectivity index (χ3n) is 2.36. The molecule has 1 aliphatic heterocycles. The molecule has 0 N–H and O–H groups in total. The van der Waals surface area contributed by atoms with Gasteiger partial charge in [-0.3, -0.25) is 4.79 Å². The van der Waals surface area contributed by atoms with Gasteiger partial charge in [0.25, 0.3) is 5.56 Å². The number of rotatable bonds is 2. The van der Waals surface area contributed by atoms with Crippen LogP contribution in [0.15, 0.2) is 16.9 Å². The zero-order chi connectivity index (χ0) is 10.1. The quantitative estimate of drug-likeness (QED) is 0.635. The third kappa shape index (κ3) is 1.54. The van der Waals surface area contributed by atoms with Gasteiger partial charge in [0.1, 0.15) is 6.07 Å². The largest absolute Gasteiger partial charge is 0.371 e. The van der Waals surface area contributed by atoms with Gasteiger partial charge in [-0.05, 0) is 13.0 Å². The van der Waals surface area contributed by atoms with Crippen LogP contribution in [0.5, 0.6) is 0 Å². The summed E-state index contributed by atoms with van der Waals surface area (Å²) in [7, 11) is 0. The minimum absolute atomic E-state index is 0.0722. The lowest BCUT2D eigenvalue weighted by atomic mass is 10.2. The highest BCUT2D eigenvalue weighted by molar-refractivity contribution is 5.32. The van der Waals surface area contributed by atoms with Crippen LogP contribution in [0.3, 0.4) is 0 Å². The first-order valence-electron chi connectivity index (χ1n) is 4.44. The van der Waals surface area contributed by atoms with Crippen molar-refractivity contribution >= 4 is 0 Å². The number of pyridine rings is 1. The van der Waals surface area contributed by atoms with Crippen LogP contribution in [0.1, 0.15) is 11.3 Å². The number of nitriles is 1. The molecule has 0 spiro atoms. The second kappa shape index (κ2) is 3.28. The fraction of sp³-hybridized carbons (Fsp3) is 0.400. The third-order valence-corrected chi connectivity index (χ3v) is 2.36. The van der Waals surface area contributed by atoms with E-state index in [1.807, 2.05) is 0 Å². The Morgan fingerprint density at radius 3 is 3.00 bits per heavy atom. The predicted molar refractivity (Wildman–Crippen MR) is 49.9 cm³/mol. The summed E-state index contributed by atoms with van der Waals surface area (Å²) in [5.74, 6) is 0. The zero-order valence-corrected chi connectivity index (χ0v) is 7.86. The van der Waals surface area contributed by atoms with Crippen molar-refractivity contribution in [3.8, 4) is 6.07 Å². The van der Waals surface area contributed by atoms with Gasteiger partial charge in [0.2, 0.25) is 0 Å². The smallest absolute Gasteiger partial charge is 0.250 e. The van der Waals surface area contributed by atoms with E-state index < -0.39 is 0 Å². The minimum Gasteiger partial charge on any atom is -0.371 e. The van der Waals surface area contributed by atoms with Crippen molar-refractivity contribution in [3.05, 3.63) is 33.7 Å². The lowest BCUT2D eigenvalue weighted by molar-refractivity contribution is 0.378. The first-order chi connectivity index (χ1) is 6.72. The molecule has 1 aromatic heterocycles. The Labute approximate surface area is 81.3 Å². The van der Waals surface area contributed by atoms with Crippen LogP contribution in [0.4, 0.5) is 0 Å². The maximum Gasteiger partial charge on any atom is 0.250 e. The van der Waals surface area contributed by atoms with Gasteiger partial charge in [-0.15, -0.1) is 0 Å². The molecule has 0 amide bonds. The summed E-state index contributed by atoms with van der Waals surface area (Å²) in [5.41, 5.74) is 1.19. The molecule has 0 aliphatic carbocycles. The molecule has 0 saturated carbocycles. The molecule has 4 heteroatoms. The molecule has 1 aromatic rings. The standard InChI is InChI=1S/C10H10N2O2/c1-7-8(4-11)2-3-10(13)12(7)5-9-6-14-9/h2-3,9H,5-6H2,1H3/t9-/m0/s1. The van der Waals surface area contributed by atoms with Crippen LogP contribution in [0, 0.1) is 18.3 Å². The Balaban J connectivity index is 2.45. The van der Waals surface area contributed by atoms with Crippen LogP contribution < -0.4 is 5.56 Å². The van der Waals surface area contributed by atoms with Gasteiger partial charge in [0.15, 0.2) is 0 Å². The van der Waals surface area contributed by atoms with E-state index in [4.69, 9.17) is 10.00 Å². The maximum atomic E-state index is 11.5. The molecule has 4 nitrogen and oxygen atoms in total. The highest BCUT2D eigenvalue weighted by Gasteiger charge is 2.24. The summed E-state index contributed by atoms with van der Waals surface area (Å²) in [6.07, 6.45) is 0.153. The SMILES string of the molecule is Cc1c(C#N)ccc(=O)n1C[C@H]1CO1. The fourth-order valence-corrected chi connectivity index (χ4v) is 1.40. The number of nitrogens with zero attached hydrogens (tertiary/aromatic N) is 2. The van der Waals surface area contributed by atoms with Crippen molar-refractivity contribution in [1.82, 2.24) is 4.57 Å². The molecule has 2 heterocycles. The molecule has 1 aliphatic rings. The highest BCUT2D eigenvalue weighted by Crippen LogP contribution is 2.12. The summed E-state index contributed by atoms with van der Waals surface area (Å²) in [5, 5.41) is 8.79. The van der Waals surface area contributed by atoms with Crippen molar-refractivity contribution in [2.75, 3.05) is 6.61 Å². The molecule has 1 saturated heterocycles. The van der Waals surface area contributed by atoms with Gasteiger partial charge in [-0.2, -0.15) is 5.26 Å². The van der Waals surface area contributed by atoms with Crippen LogP contribution in [0.2, 0.25) is 0 Å². The monoisotopic (exact) mass is 190 g/mol. The highest BCUT2D eigenvalue weighted by atomic mass is 16.6. The predicted octanol–water partition coefficient (Wildman–Crippen LogP) is 0.427. The number of hydrogen-bond donors (Lipinski definition) is 0. The Kier molecular flexibility index (Phi) is 2.10. The van der Waals surface area contributed by atoms with Gasteiger partial charge >= 0.3 is 0 Å².